The molecule has 0 saturated heterocycles. The number of carboxylic acids is 1. The van der Waals surface area contributed by atoms with Crippen molar-refractivity contribution in [1.29, 1.82) is 0 Å². The minimum atomic E-state index is -1.09. The molecule has 0 amide bonds. The third kappa shape index (κ3) is 2.78. The molecule has 2 aromatic heterocycles. The summed E-state index contributed by atoms with van der Waals surface area (Å²) in [7, 11) is 0. The van der Waals surface area contributed by atoms with Gasteiger partial charge in [-0.2, -0.15) is 0 Å². The number of aromatic nitrogens is 2. The lowest BCUT2D eigenvalue weighted by Gasteiger charge is -2.07. The maximum atomic E-state index is 10.8. The second-order valence-corrected chi connectivity index (χ2v) is 4.69. The molecule has 5 nitrogen and oxygen atoms in total. The first-order valence-corrected chi connectivity index (χ1v) is 6.43. The third-order valence-electron chi connectivity index (χ3n) is 2.83. The SMILES string of the molecule is O=C(O)c1cnc(Oc2cnc3ccccc3c2)c(Cl)c1. The summed E-state index contributed by atoms with van der Waals surface area (Å²) in [6.45, 7) is 0. The van der Waals surface area contributed by atoms with Gasteiger partial charge in [0.1, 0.15) is 10.8 Å². The van der Waals surface area contributed by atoms with E-state index in [0.717, 1.165) is 10.9 Å². The predicted molar refractivity (Wildman–Crippen MR) is 78.0 cm³/mol. The maximum absolute atomic E-state index is 10.8. The number of aromatic carboxylic acids is 1. The summed E-state index contributed by atoms with van der Waals surface area (Å²) >= 11 is 5.97. The summed E-state index contributed by atoms with van der Waals surface area (Å²) in [5.74, 6) is -0.478. The molecule has 1 aromatic carbocycles. The van der Waals surface area contributed by atoms with Gasteiger partial charge in [-0.05, 0) is 18.2 Å². The van der Waals surface area contributed by atoms with Crippen LogP contribution in [0, 0.1) is 0 Å². The molecule has 0 atom stereocenters. The van der Waals surface area contributed by atoms with Crippen molar-refractivity contribution in [2.75, 3.05) is 0 Å². The molecule has 6 heteroatoms. The van der Waals surface area contributed by atoms with Gasteiger partial charge in [-0.25, -0.2) is 9.78 Å². The number of nitrogens with zero attached hydrogens (tertiary/aromatic N) is 2. The largest absolute Gasteiger partial charge is 0.478 e. The number of carbonyl (C=O) groups is 1. The van der Waals surface area contributed by atoms with Crippen molar-refractivity contribution in [3.05, 3.63) is 59.4 Å². The number of fused-ring (bicyclic) bond motifs is 1. The standard InChI is InChI=1S/C15H9ClN2O3/c16-12-6-10(15(19)20)7-18-14(12)21-11-5-9-3-1-2-4-13(9)17-8-11/h1-8H,(H,19,20). The summed E-state index contributed by atoms with van der Waals surface area (Å²) < 4.78 is 5.55. The van der Waals surface area contributed by atoms with Gasteiger partial charge in [0.2, 0.25) is 5.88 Å². The van der Waals surface area contributed by atoms with E-state index in [9.17, 15) is 4.79 Å². The van der Waals surface area contributed by atoms with Gasteiger partial charge < -0.3 is 9.84 Å². The van der Waals surface area contributed by atoms with Gasteiger partial charge in [0.25, 0.3) is 0 Å². The van der Waals surface area contributed by atoms with Crippen LogP contribution >= 0.6 is 11.6 Å². The number of pyridine rings is 2. The topological polar surface area (TPSA) is 72.3 Å². The Morgan fingerprint density at radius 3 is 2.71 bits per heavy atom. The lowest BCUT2D eigenvalue weighted by atomic mass is 10.2. The van der Waals surface area contributed by atoms with Gasteiger partial charge in [-0.15, -0.1) is 0 Å². The molecule has 3 aromatic rings. The summed E-state index contributed by atoms with van der Waals surface area (Å²) in [5.41, 5.74) is 0.856. The number of rotatable bonds is 3. The Labute approximate surface area is 124 Å². The van der Waals surface area contributed by atoms with Crippen LogP contribution in [0.25, 0.3) is 10.9 Å². The molecule has 104 valence electrons. The second-order valence-electron chi connectivity index (χ2n) is 4.28. The van der Waals surface area contributed by atoms with Crippen molar-refractivity contribution in [1.82, 2.24) is 9.97 Å². The lowest BCUT2D eigenvalue weighted by molar-refractivity contribution is 0.0696. The number of para-hydroxylation sites is 1. The molecule has 0 fully saturated rings. The maximum Gasteiger partial charge on any atom is 0.337 e. The molecular formula is C15H9ClN2O3. The number of carboxylic acid groups (broad SMARTS) is 1. The molecule has 3 rings (SSSR count). The molecular weight excluding hydrogens is 292 g/mol. The Morgan fingerprint density at radius 2 is 1.95 bits per heavy atom. The van der Waals surface area contributed by atoms with Crippen molar-refractivity contribution in [2.45, 2.75) is 0 Å². The van der Waals surface area contributed by atoms with Crippen LogP contribution in [-0.2, 0) is 0 Å². The first kappa shape index (κ1) is 13.3. The second kappa shape index (κ2) is 5.38. The van der Waals surface area contributed by atoms with Crippen molar-refractivity contribution in [3.63, 3.8) is 0 Å². The van der Waals surface area contributed by atoms with Gasteiger partial charge in [0.05, 0.1) is 17.3 Å². The fraction of sp³-hybridized carbons (Fsp3) is 0. The quantitative estimate of drug-likeness (QED) is 0.797. The van der Waals surface area contributed by atoms with Crippen LogP contribution in [0.5, 0.6) is 11.6 Å². The number of halogens is 1. The normalized spacial score (nSPS) is 10.5. The molecule has 0 bridgehead atoms. The zero-order valence-corrected chi connectivity index (χ0v) is 11.4. The van der Waals surface area contributed by atoms with Gasteiger partial charge in [0.15, 0.2) is 0 Å². The van der Waals surface area contributed by atoms with Crippen molar-refractivity contribution in [2.24, 2.45) is 0 Å². The molecule has 0 saturated carbocycles. The molecule has 0 spiro atoms. The van der Waals surface area contributed by atoms with E-state index in [1.807, 2.05) is 30.3 Å². The highest BCUT2D eigenvalue weighted by Gasteiger charge is 2.10. The van der Waals surface area contributed by atoms with E-state index in [1.165, 1.54) is 12.3 Å². The molecule has 0 unspecified atom stereocenters. The van der Waals surface area contributed by atoms with Crippen LogP contribution < -0.4 is 4.74 Å². The van der Waals surface area contributed by atoms with Crippen LogP contribution in [0.3, 0.4) is 0 Å². The highest BCUT2D eigenvalue weighted by atomic mass is 35.5. The monoisotopic (exact) mass is 300 g/mol. The minimum absolute atomic E-state index is 0.00369. The summed E-state index contributed by atoms with van der Waals surface area (Å²) in [6, 6.07) is 10.7. The van der Waals surface area contributed by atoms with E-state index in [0.29, 0.717) is 5.75 Å². The van der Waals surface area contributed by atoms with Gasteiger partial charge >= 0.3 is 5.97 Å². The van der Waals surface area contributed by atoms with E-state index >= 15 is 0 Å². The van der Waals surface area contributed by atoms with Crippen LogP contribution in [0.4, 0.5) is 0 Å². The molecule has 1 N–H and O–H groups in total. The average Bonchev–Trinajstić information content (AvgIpc) is 2.49. The Morgan fingerprint density at radius 1 is 1.14 bits per heavy atom. The molecule has 21 heavy (non-hydrogen) atoms. The van der Waals surface area contributed by atoms with Crippen LogP contribution in [0.15, 0.2) is 48.8 Å². The smallest absolute Gasteiger partial charge is 0.337 e. The predicted octanol–water partition coefficient (Wildman–Crippen LogP) is 3.77. The molecule has 0 aliphatic heterocycles. The Balaban J connectivity index is 1.93. The zero-order valence-electron chi connectivity index (χ0n) is 10.7. The average molecular weight is 301 g/mol. The van der Waals surface area contributed by atoms with E-state index in [2.05, 4.69) is 9.97 Å². The van der Waals surface area contributed by atoms with Crippen LogP contribution in [0.2, 0.25) is 5.02 Å². The van der Waals surface area contributed by atoms with Crippen molar-refractivity contribution >= 4 is 28.5 Å². The van der Waals surface area contributed by atoms with E-state index in [-0.39, 0.29) is 16.5 Å². The molecule has 0 radical (unpaired) electrons. The van der Waals surface area contributed by atoms with Gasteiger partial charge in [0, 0.05) is 11.6 Å². The van der Waals surface area contributed by atoms with Gasteiger partial charge in [-0.3, -0.25) is 4.98 Å². The minimum Gasteiger partial charge on any atom is -0.478 e. The van der Waals surface area contributed by atoms with Crippen molar-refractivity contribution < 1.29 is 14.6 Å². The molecule has 2 heterocycles. The first-order valence-electron chi connectivity index (χ1n) is 6.05. The summed E-state index contributed by atoms with van der Waals surface area (Å²) in [4.78, 5) is 19.0. The number of hydrogen-bond acceptors (Lipinski definition) is 4. The van der Waals surface area contributed by atoms with E-state index in [4.69, 9.17) is 21.4 Å². The Bertz CT molecular complexity index is 836. The summed E-state index contributed by atoms with van der Waals surface area (Å²) in [5, 5.41) is 9.91. The number of hydrogen-bond donors (Lipinski definition) is 1. The Kier molecular flexibility index (Phi) is 3.41. The number of benzene rings is 1. The lowest BCUT2D eigenvalue weighted by Crippen LogP contribution is -1.98. The van der Waals surface area contributed by atoms with E-state index in [1.54, 1.807) is 6.20 Å². The fourth-order valence-corrected chi connectivity index (χ4v) is 2.04. The van der Waals surface area contributed by atoms with Crippen LogP contribution in [0.1, 0.15) is 10.4 Å². The highest BCUT2D eigenvalue weighted by molar-refractivity contribution is 6.32. The number of ether oxygens (including phenoxy) is 1. The van der Waals surface area contributed by atoms with Crippen molar-refractivity contribution in [3.8, 4) is 11.6 Å². The first-order chi connectivity index (χ1) is 10.1. The Hall–Kier alpha value is -2.66. The third-order valence-corrected chi connectivity index (χ3v) is 3.11. The zero-order chi connectivity index (χ0) is 14.8. The van der Waals surface area contributed by atoms with Gasteiger partial charge in [-0.1, -0.05) is 29.8 Å². The fourth-order valence-electron chi connectivity index (χ4n) is 1.84. The van der Waals surface area contributed by atoms with E-state index < -0.39 is 5.97 Å². The molecule has 0 aliphatic rings. The highest BCUT2D eigenvalue weighted by Crippen LogP contribution is 2.28. The molecule has 0 aliphatic carbocycles. The van der Waals surface area contributed by atoms with Crippen LogP contribution in [-0.4, -0.2) is 21.0 Å². The summed E-state index contributed by atoms with van der Waals surface area (Å²) in [6.07, 6.45) is 2.75.